The second-order valence-electron chi connectivity index (χ2n) is 18.4. The normalized spacial score (nSPS) is 43.1. The van der Waals surface area contributed by atoms with Crippen molar-refractivity contribution in [1.82, 2.24) is 5.32 Å². The first-order valence-electron chi connectivity index (χ1n) is 21.3. The molecule has 2 saturated heterocycles. The monoisotopic (exact) mass is 849 g/mol. The fraction of sp³-hybridized carbons (Fsp3) is 0.596. The molecular weight excluding hydrogens is 790 g/mol. The molecule has 12 nitrogen and oxygen atoms in total. The summed E-state index contributed by atoms with van der Waals surface area (Å²) in [5, 5.41) is 60.3. The second-order valence-corrected chi connectivity index (χ2v) is 18.9. The number of aliphatic hydroxyl groups excluding tert-OH is 4. The van der Waals surface area contributed by atoms with Gasteiger partial charge in [-0.25, -0.2) is 4.79 Å². The zero-order valence-electron chi connectivity index (χ0n) is 35.6. The van der Waals surface area contributed by atoms with Gasteiger partial charge in [0.1, 0.15) is 17.1 Å². The molecule has 60 heavy (non-hydrogen) atoms. The van der Waals surface area contributed by atoms with Crippen molar-refractivity contribution in [2.75, 3.05) is 0 Å². The van der Waals surface area contributed by atoms with Crippen LogP contribution in [0.4, 0.5) is 0 Å². The van der Waals surface area contributed by atoms with E-state index in [2.05, 4.69) is 5.32 Å². The number of esters is 1. The smallest absolute Gasteiger partial charge is 0.346 e. The van der Waals surface area contributed by atoms with E-state index in [1.165, 1.54) is 0 Å². The number of aryl methyl sites for hydroxylation is 1. The van der Waals surface area contributed by atoms with Crippen molar-refractivity contribution in [1.29, 1.82) is 0 Å². The Morgan fingerprint density at radius 2 is 1.73 bits per heavy atom. The minimum atomic E-state index is -1.62. The second kappa shape index (κ2) is 16.5. The average molecular weight is 850 g/mol. The number of aliphatic hydroxyl groups is 4. The third-order valence-electron chi connectivity index (χ3n) is 14.5. The SMILES string of the molecule is CCC1=C[C@@H]2[C@@H](O)[C@@H](O)C[C@H](C)[C@H]2[C@]2(C)/C(O)=C3/C(=O)O[C@@]4(C[C@H](C)C=C[C@H]4/C=C(\C)[C@H](O[C@H]4C[C@H](O)[C@H](NC(=O)c5c(C)c(Cl)cc(C)c5O)[C@@H](C)O4)C/C=C/C12)C3=O. The van der Waals surface area contributed by atoms with Crippen molar-refractivity contribution >= 4 is 29.3 Å². The number of nitrogens with one attached hydrogen (secondary N) is 1. The molecule has 4 aliphatic carbocycles. The number of carbonyl (C=O) groups is 3. The molecule has 6 aliphatic rings. The standard InChI is InChI=1S/C47H60ClNO11/c1-9-27-18-29-38(23(4)17-33(51)41(29)53)46(8)30(27)11-10-12-34(22(3)15-28-14-13-21(2)20-47(28)43(55)37(42(46)54)45(57)60-47)59-35-19-32(50)39(26(7)58-35)49-44(56)36-25(6)31(48)16-24(5)40(36)52/h10-11,13-16,18,21,23,26,28-30,32-35,38-39,41,50-54H,9,12,17,19-20H2,1-8H3,(H,49,56)/b11-10+,22-15+,42-37-/t21-,23+,26-,28+,29+,30?,32+,33+,34-,35+,38-,39-,41-,46-,47-/m1/s1. The number of benzene rings is 1. The van der Waals surface area contributed by atoms with Crippen molar-refractivity contribution in [3.8, 4) is 5.75 Å². The van der Waals surface area contributed by atoms with Crippen LogP contribution in [0.5, 0.6) is 5.75 Å². The maximum absolute atomic E-state index is 14.9. The predicted molar refractivity (Wildman–Crippen MR) is 224 cm³/mol. The number of Topliss-reactive ketones (excluding diaryl/α,β-unsaturated/α-hetero) is 1. The Morgan fingerprint density at radius 1 is 1.02 bits per heavy atom. The highest BCUT2D eigenvalue weighted by molar-refractivity contribution is 6.32. The summed E-state index contributed by atoms with van der Waals surface area (Å²) >= 11 is 6.34. The lowest BCUT2D eigenvalue weighted by Gasteiger charge is -2.56. The molecule has 2 bridgehead atoms. The zero-order valence-corrected chi connectivity index (χ0v) is 36.4. The van der Waals surface area contributed by atoms with Crippen LogP contribution >= 0.6 is 11.6 Å². The maximum atomic E-state index is 14.9. The fourth-order valence-electron chi connectivity index (χ4n) is 11.3. The first-order valence-corrected chi connectivity index (χ1v) is 21.7. The highest BCUT2D eigenvalue weighted by Crippen LogP contribution is 2.60. The number of aromatic hydroxyl groups is 1. The van der Waals surface area contributed by atoms with E-state index in [4.69, 9.17) is 25.8 Å². The van der Waals surface area contributed by atoms with Crippen molar-refractivity contribution in [2.45, 2.75) is 136 Å². The third-order valence-corrected chi connectivity index (χ3v) is 14.9. The van der Waals surface area contributed by atoms with Gasteiger partial charge in [0.2, 0.25) is 5.78 Å². The van der Waals surface area contributed by atoms with Gasteiger partial charge in [-0.15, -0.1) is 0 Å². The summed E-state index contributed by atoms with van der Waals surface area (Å²) in [5.74, 6) is -5.13. The number of hydrogen-bond acceptors (Lipinski definition) is 11. The molecule has 1 unspecified atom stereocenters. The van der Waals surface area contributed by atoms with Gasteiger partial charge in [0.15, 0.2) is 11.9 Å². The molecule has 1 amide bonds. The third kappa shape index (κ3) is 7.28. The van der Waals surface area contributed by atoms with Crippen molar-refractivity contribution in [3.05, 3.63) is 86.7 Å². The van der Waals surface area contributed by atoms with Gasteiger partial charge in [0.05, 0.1) is 42.1 Å². The van der Waals surface area contributed by atoms with Crippen LogP contribution in [0.3, 0.4) is 0 Å². The highest BCUT2D eigenvalue weighted by atomic mass is 35.5. The van der Waals surface area contributed by atoms with Gasteiger partial charge in [0.25, 0.3) is 5.91 Å². The van der Waals surface area contributed by atoms with E-state index in [0.29, 0.717) is 29.0 Å². The van der Waals surface area contributed by atoms with Gasteiger partial charge in [-0.2, -0.15) is 0 Å². The van der Waals surface area contributed by atoms with E-state index in [1.54, 1.807) is 26.8 Å². The van der Waals surface area contributed by atoms with Crippen LogP contribution in [0.15, 0.2) is 65.0 Å². The molecule has 1 aromatic rings. The molecule has 13 heteroatoms. The fourth-order valence-corrected chi connectivity index (χ4v) is 11.6. The number of carbonyl (C=O) groups excluding carboxylic acids is 3. The van der Waals surface area contributed by atoms with Crippen molar-refractivity contribution in [2.24, 2.45) is 40.9 Å². The number of allylic oxidation sites excluding steroid dienone is 4. The summed E-state index contributed by atoms with van der Waals surface area (Å²) in [6.45, 7) is 14.6. The highest BCUT2D eigenvalue weighted by Gasteiger charge is 2.63. The average Bonchev–Trinajstić information content (AvgIpc) is 3.42. The first kappa shape index (κ1) is 44.3. The Hall–Kier alpha value is -3.78. The van der Waals surface area contributed by atoms with E-state index in [9.17, 15) is 39.9 Å². The quantitative estimate of drug-likeness (QED) is 0.109. The number of phenolic OH excluding ortho intramolecular Hbond substituents is 1. The molecule has 1 saturated carbocycles. The topological polar surface area (TPSA) is 192 Å². The Morgan fingerprint density at radius 3 is 2.42 bits per heavy atom. The van der Waals surface area contributed by atoms with Crippen LogP contribution in [0.2, 0.25) is 5.02 Å². The van der Waals surface area contributed by atoms with Gasteiger partial charge in [-0.05, 0) is 87.5 Å². The summed E-state index contributed by atoms with van der Waals surface area (Å²) in [5.41, 5.74) is -0.736. The number of ketones is 1. The summed E-state index contributed by atoms with van der Waals surface area (Å²) < 4.78 is 19.2. The van der Waals surface area contributed by atoms with Crippen LogP contribution in [0, 0.1) is 54.8 Å². The van der Waals surface area contributed by atoms with E-state index in [-0.39, 0.29) is 53.7 Å². The summed E-state index contributed by atoms with van der Waals surface area (Å²) in [6.07, 6.45) is 7.61. The molecule has 1 spiro atoms. The van der Waals surface area contributed by atoms with Crippen LogP contribution in [0.1, 0.15) is 95.1 Å². The summed E-state index contributed by atoms with van der Waals surface area (Å²) in [6, 6.07) is 0.743. The molecule has 2 aliphatic heterocycles. The van der Waals surface area contributed by atoms with Crippen LogP contribution in [-0.2, 0) is 23.8 Å². The van der Waals surface area contributed by atoms with Crippen LogP contribution in [0.25, 0.3) is 0 Å². The van der Waals surface area contributed by atoms with Gasteiger partial charge >= 0.3 is 5.97 Å². The van der Waals surface area contributed by atoms with E-state index in [1.807, 2.05) is 71.1 Å². The zero-order chi connectivity index (χ0) is 43.7. The van der Waals surface area contributed by atoms with Gasteiger partial charge in [-0.1, -0.05) is 81.3 Å². The van der Waals surface area contributed by atoms with E-state index >= 15 is 0 Å². The largest absolute Gasteiger partial charge is 0.511 e. The maximum Gasteiger partial charge on any atom is 0.346 e. The first-order chi connectivity index (χ1) is 28.2. The number of amides is 1. The Balaban J connectivity index is 1.25. The van der Waals surface area contributed by atoms with Gasteiger partial charge < -0.3 is 45.1 Å². The molecule has 7 rings (SSSR count). The summed E-state index contributed by atoms with van der Waals surface area (Å²) in [7, 11) is 0. The Bertz CT molecular complexity index is 2050. The number of phenols is 1. The molecule has 1 aromatic carbocycles. The molecule has 6 N–H and O–H groups in total. The summed E-state index contributed by atoms with van der Waals surface area (Å²) in [4.78, 5) is 42.5. The minimum Gasteiger partial charge on any atom is -0.511 e. The minimum absolute atomic E-state index is 0.00288. The predicted octanol–water partition coefficient (Wildman–Crippen LogP) is 6.40. The van der Waals surface area contributed by atoms with Crippen molar-refractivity contribution < 1.29 is 54.1 Å². The Kier molecular flexibility index (Phi) is 12.2. The van der Waals surface area contributed by atoms with Gasteiger partial charge in [-0.3, -0.25) is 9.59 Å². The molecule has 15 atom stereocenters. The molecule has 3 fully saturated rings. The number of hydrogen-bond donors (Lipinski definition) is 6. The molecule has 0 radical (unpaired) electrons. The molecule has 2 heterocycles. The van der Waals surface area contributed by atoms with Crippen molar-refractivity contribution in [3.63, 3.8) is 0 Å². The number of halogens is 1. The lowest BCUT2D eigenvalue weighted by molar-refractivity contribution is -0.231. The van der Waals surface area contributed by atoms with E-state index < -0.39 is 95.2 Å². The number of rotatable bonds is 5. The molecular formula is C47H60ClNO11. The lowest BCUT2D eigenvalue weighted by Crippen LogP contribution is -2.56. The Labute approximate surface area is 357 Å². The lowest BCUT2D eigenvalue weighted by atomic mass is 9.49. The number of ether oxygens (including phenoxy) is 3. The van der Waals surface area contributed by atoms with Crippen LogP contribution < -0.4 is 5.32 Å². The van der Waals surface area contributed by atoms with Gasteiger partial charge in [0, 0.05) is 41.0 Å². The molecule has 326 valence electrons. The number of fused-ring (bicyclic) bond motifs is 4. The van der Waals surface area contributed by atoms with Crippen LogP contribution in [-0.4, -0.2) is 91.6 Å². The molecule has 0 aromatic heterocycles. The van der Waals surface area contributed by atoms with E-state index in [0.717, 1.165) is 11.1 Å².